The minimum absolute atomic E-state index is 0.208. The Labute approximate surface area is 98.4 Å². The first-order valence-electron chi connectivity index (χ1n) is 4.54. The van der Waals surface area contributed by atoms with Gasteiger partial charge in [0.15, 0.2) is 0 Å². The molecule has 0 fully saturated rings. The van der Waals surface area contributed by atoms with Crippen molar-refractivity contribution in [2.24, 2.45) is 0 Å². The lowest BCUT2D eigenvalue weighted by Crippen LogP contribution is -2.12. The lowest BCUT2D eigenvalue weighted by Gasteiger charge is -2.07. The smallest absolute Gasteiger partial charge is 0.368 e. The van der Waals surface area contributed by atoms with E-state index in [9.17, 15) is 13.2 Å². The monoisotopic (exact) mass is 260 g/mol. The highest BCUT2D eigenvalue weighted by molar-refractivity contribution is 7.09. The van der Waals surface area contributed by atoms with E-state index in [1.54, 1.807) is 11.6 Å². The lowest BCUT2D eigenvalue weighted by molar-refractivity contribution is -0.141. The number of alkyl halides is 3. The summed E-state index contributed by atoms with van der Waals surface area (Å²) >= 11 is 1.34. The number of rotatable bonds is 2. The average molecular weight is 260 g/mol. The first-order chi connectivity index (χ1) is 7.95. The Morgan fingerprint density at radius 3 is 2.65 bits per heavy atom. The molecule has 0 unspecified atom stereocenters. The van der Waals surface area contributed by atoms with Gasteiger partial charge in [0.2, 0.25) is 5.95 Å². The summed E-state index contributed by atoms with van der Waals surface area (Å²) in [4.78, 5) is 10.9. The Kier molecular flexibility index (Phi) is 2.97. The van der Waals surface area contributed by atoms with Gasteiger partial charge in [0.05, 0.1) is 10.7 Å². The molecule has 0 atom stereocenters. The molecule has 0 saturated heterocycles. The van der Waals surface area contributed by atoms with Crippen molar-refractivity contribution in [3.8, 4) is 0 Å². The van der Waals surface area contributed by atoms with Crippen LogP contribution in [0.4, 0.5) is 19.1 Å². The van der Waals surface area contributed by atoms with Crippen molar-refractivity contribution in [1.82, 2.24) is 15.0 Å². The molecule has 2 rings (SSSR count). The van der Waals surface area contributed by atoms with Crippen LogP contribution in [0.5, 0.6) is 0 Å². The van der Waals surface area contributed by atoms with Crippen LogP contribution in [-0.2, 0) is 12.6 Å². The fourth-order valence-electron chi connectivity index (χ4n) is 1.25. The molecule has 17 heavy (non-hydrogen) atoms. The second kappa shape index (κ2) is 4.28. The van der Waals surface area contributed by atoms with Gasteiger partial charge in [0, 0.05) is 18.0 Å². The Bertz CT molecular complexity index is 509. The summed E-state index contributed by atoms with van der Waals surface area (Å²) < 4.78 is 37.4. The third kappa shape index (κ3) is 2.90. The summed E-state index contributed by atoms with van der Waals surface area (Å²) in [5.41, 5.74) is 4.42. The summed E-state index contributed by atoms with van der Waals surface area (Å²) in [6.45, 7) is 0. The molecule has 0 amide bonds. The van der Waals surface area contributed by atoms with Crippen LogP contribution in [0.3, 0.4) is 0 Å². The van der Waals surface area contributed by atoms with Crippen LogP contribution in [0.25, 0.3) is 0 Å². The van der Waals surface area contributed by atoms with Gasteiger partial charge < -0.3 is 5.73 Å². The molecule has 0 aromatic carbocycles. The SMILES string of the molecule is Nc1nc(Cc2nccs2)cc(C(F)(F)F)n1. The summed E-state index contributed by atoms with van der Waals surface area (Å²) in [5.74, 6) is -0.383. The molecular weight excluding hydrogens is 253 g/mol. The second-order valence-corrected chi connectivity index (χ2v) is 4.18. The Morgan fingerprint density at radius 1 is 1.29 bits per heavy atom. The Hall–Kier alpha value is -1.70. The molecule has 0 radical (unpaired) electrons. The highest BCUT2D eigenvalue weighted by atomic mass is 32.1. The molecule has 2 heterocycles. The van der Waals surface area contributed by atoms with Crippen molar-refractivity contribution in [1.29, 1.82) is 0 Å². The number of nitrogens with zero attached hydrogens (tertiary/aromatic N) is 3. The maximum Gasteiger partial charge on any atom is 0.433 e. The highest BCUT2D eigenvalue weighted by Crippen LogP contribution is 2.28. The van der Waals surface area contributed by atoms with Crippen molar-refractivity contribution < 1.29 is 13.2 Å². The number of hydrogen-bond donors (Lipinski definition) is 1. The zero-order valence-corrected chi connectivity index (χ0v) is 9.22. The van der Waals surface area contributed by atoms with Gasteiger partial charge in [-0.1, -0.05) is 0 Å². The van der Waals surface area contributed by atoms with Gasteiger partial charge in [0.1, 0.15) is 5.69 Å². The van der Waals surface area contributed by atoms with Crippen LogP contribution in [-0.4, -0.2) is 15.0 Å². The van der Waals surface area contributed by atoms with E-state index in [1.165, 1.54) is 11.3 Å². The second-order valence-electron chi connectivity index (χ2n) is 3.20. The normalized spacial score (nSPS) is 11.7. The van der Waals surface area contributed by atoms with Gasteiger partial charge >= 0.3 is 6.18 Å². The Morgan fingerprint density at radius 2 is 2.06 bits per heavy atom. The van der Waals surface area contributed by atoms with Crippen LogP contribution >= 0.6 is 11.3 Å². The molecule has 8 heteroatoms. The van der Waals surface area contributed by atoms with E-state index < -0.39 is 11.9 Å². The minimum Gasteiger partial charge on any atom is -0.368 e. The van der Waals surface area contributed by atoms with Crippen molar-refractivity contribution in [3.05, 3.63) is 34.0 Å². The quantitative estimate of drug-likeness (QED) is 0.898. The van der Waals surface area contributed by atoms with Crippen LogP contribution in [0.2, 0.25) is 0 Å². The van der Waals surface area contributed by atoms with Crippen molar-refractivity contribution in [3.63, 3.8) is 0 Å². The van der Waals surface area contributed by atoms with Crippen molar-refractivity contribution in [2.45, 2.75) is 12.6 Å². The fraction of sp³-hybridized carbons (Fsp3) is 0.222. The summed E-state index contributed by atoms with van der Waals surface area (Å²) in [5, 5.41) is 2.42. The standard InChI is InChI=1S/C9H7F3N4S/c10-9(11,12)6-3-5(15-8(13)16-6)4-7-14-1-2-17-7/h1-3H,4H2,(H2,13,15,16). The van der Waals surface area contributed by atoms with Crippen molar-refractivity contribution in [2.75, 3.05) is 5.73 Å². The lowest BCUT2D eigenvalue weighted by atomic mass is 10.2. The number of nitrogen functional groups attached to an aromatic ring is 1. The number of hydrogen-bond acceptors (Lipinski definition) is 5. The van der Waals surface area contributed by atoms with E-state index >= 15 is 0 Å². The van der Waals surface area contributed by atoms with Gasteiger partial charge in [-0.25, -0.2) is 15.0 Å². The first-order valence-corrected chi connectivity index (χ1v) is 5.42. The van der Waals surface area contributed by atoms with Crippen LogP contribution in [0.1, 0.15) is 16.4 Å². The zero-order chi connectivity index (χ0) is 12.5. The van der Waals surface area contributed by atoms with Gasteiger partial charge in [0.25, 0.3) is 0 Å². The molecule has 0 bridgehead atoms. The van der Waals surface area contributed by atoms with Crippen LogP contribution in [0.15, 0.2) is 17.6 Å². The predicted octanol–water partition coefficient (Wildman–Crippen LogP) is 2.12. The van der Waals surface area contributed by atoms with Gasteiger partial charge in [-0.3, -0.25) is 0 Å². The van der Waals surface area contributed by atoms with Gasteiger partial charge in [-0.15, -0.1) is 11.3 Å². The molecule has 4 nitrogen and oxygen atoms in total. The van der Waals surface area contributed by atoms with Gasteiger partial charge in [-0.05, 0) is 6.07 Å². The van der Waals surface area contributed by atoms with E-state index in [0.717, 1.165) is 6.07 Å². The fourth-order valence-corrected chi connectivity index (χ4v) is 1.88. The van der Waals surface area contributed by atoms with E-state index in [-0.39, 0.29) is 18.1 Å². The van der Waals surface area contributed by atoms with Crippen LogP contribution in [0, 0.1) is 0 Å². The van der Waals surface area contributed by atoms with Crippen LogP contribution < -0.4 is 5.73 Å². The molecule has 0 spiro atoms. The number of halogens is 3. The number of nitrogens with two attached hydrogens (primary N) is 1. The third-order valence-corrected chi connectivity index (χ3v) is 2.68. The number of thiazole rings is 1. The molecule has 2 aromatic rings. The molecule has 0 aliphatic rings. The van der Waals surface area contributed by atoms with E-state index in [2.05, 4.69) is 15.0 Å². The summed E-state index contributed by atoms with van der Waals surface area (Å²) in [7, 11) is 0. The number of aromatic nitrogens is 3. The molecule has 0 saturated carbocycles. The zero-order valence-electron chi connectivity index (χ0n) is 8.40. The molecule has 0 aliphatic carbocycles. The number of anilines is 1. The highest BCUT2D eigenvalue weighted by Gasteiger charge is 2.33. The van der Waals surface area contributed by atoms with E-state index in [1.807, 2.05) is 0 Å². The summed E-state index contributed by atoms with van der Waals surface area (Å²) in [6.07, 6.45) is -2.72. The molecular formula is C9H7F3N4S. The molecule has 2 N–H and O–H groups in total. The predicted molar refractivity (Wildman–Crippen MR) is 56.4 cm³/mol. The maximum atomic E-state index is 12.5. The largest absolute Gasteiger partial charge is 0.433 e. The summed E-state index contributed by atoms with van der Waals surface area (Å²) in [6, 6.07) is 0.887. The topological polar surface area (TPSA) is 64.7 Å². The van der Waals surface area contributed by atoms with Crippen molar-refractivity contribution >= 4 is 17.3 Å². The van der Waals surface area contributed by atoms with E-state index in [0.29, 0.717) is 5.01 Å². The first kappa shape index (κ1) is 11.8. The minimum atomic E-state index is -4.52. The maximum absolute atomic E-state index is 12.5. The third-order valence-electron chi connectivity index (χ3n) is 1.90. The molecule has 2 aromatic heterocycles. The van der Waals surface area contributed by atoms with E-state index in [4.69, 9.17) is 5.73 Å². The average Bonchev–Trinajstić information content (AvgIpc) is 2.68. The molecule has 0 aliphatic heterocycles. The molecule has 90 valence electrons. The Balaban J connectivity index is 2.32. The van der Waals surface area contributed by atoms with Gasteiger partial charge in [-0.2, -0.15) is 13.2 Å².